The molecule has 0 saturated carbocycles. The van der Waals surface area contributed by atoms with Crippen molar-refractivity contribution in [1.82, 2.24) is 0 Å². The molecule has 1 aliphatic heterocycles. The minimum atomic E-state index is -0.857. The van der Waals surface area contributed by atoms with Crippen LogP contribution in [0, 0.1) is 5.92 Å². The van der Waals surface area contributed by atoms with E-state index in [9.17, 15) is 9.59 Å². The average Bonchev–Trinajstić information content (AvgIpc) is 2.71. The molecule has 1 saturated heterocycles. The minimum absolute atomic E-state index is 0.0436. The maximum Gasteiger partial charge on any atom is 0.310 e. The first kappa shape index (κ1) is 15.7. The van der Waals surface area contributed by atoms with Crippen molar-refractivity contribution in [2.24, 2.45) is 5.92 Å². The summed E-state index contributed by atoms with van der Waals surface area (Å²) < 4.78 is 0.950. The van der Waals surface area contributed by atoms with Gasteiger partial charge < -0.3 is 10.0 Å². The Hall–Kier alpha value is -2.14. The molecule has 0 radical (unpaired) electrons. The van der Waals surface area contributed by atoms with Crippen LogP contribution in [0.5, 0.6) is 0 Å². The summed E-state index contributed by atoms with van der Waals surface area (Å²) in [5.41, 5.74) is 2.57. The van der Waals surface area contributed by atoms with Gasteiger partial charge in [0.05, 0.1) is 11.8 Å². The number of nitrogens with zero attached hydrogens (tertiary/aromatic N) is 1. The monoisotopic (exact) mass is 373 g/mol. The lowest BCUT2D eigenvalue weighted by Gasteiger charge is -2.17. The molecule has 0 spiro atoms. The largest absolute Gasteiger partial charge is 0.481 e. The van der Waals surface area contributed by atoms with Crippen LogP contribution < -0.4 is 4.90 Å². The number of rotatable bonds is 3. The summed E-state index contributed by atoms with van der Waals surface area (Å²) in [5, 5.41) is 9.06. The second kappa shape index (κ2) is 6.16. The molecule has 1 fully saturated rings. The molecule has 1 N–H and O–H groups in total. The lowest BCUT2D eigenvalue weighted by Crippen LogP contribution is -2.26. The van der Waals surface area contributed by atoms with Gasteiger partial charge in [-0.05, 0) is 42.3 Å². The van der Waals surface area contributed by atoms with Gasteiger partial charge in [0, 0.05) is 16.7 Å². The molecule has 23 heavy (non-hydrogen) atoms. The van der Waals surface area contributed by atoms with Crippen LogP contribution in [-0.2, 0) is 9.59 Å². The molecule has 1 heterocycles. The average molecular weight is 374 g/mol. The van der Waals surface area contributed by atoms with Crippen LogP contribution in [0.25, 0.3) is 0 Å². The predicted molar refractivity (Wildman–Crippen MR) is 92.6 cm³/mol. The Balaban J connectivity index is 1.86. The van der Waals surface area contributed by atoms with Gasteiger partial charge in [-0.25, -0.2) is 0 Å². The normalized spacial score (nSPS) is 21.4. The number of hydrogen-bond acceptors (Lipinski definition) is 2. The Kier molecular flexibility index (Phi) is 4.22. The molecule has 1 aromatic carbocycles. The zero-order chi connectivity index (χ0) is 16.6. The van der Waals surface area contributed by atoms with E-state index in [0.29, 0.717) is 6.54 Å². The van der Waals surface area contributed by atoms with Crippen molar-refractivity contribution in [3.63, 3.8) is 0 Å². The summed E-state index contributed by atoms with van der Waals surface area (Å²) >= 11 is 3.46. The quantitative estimate of drug-likeness (QED) is 0.880. The molecule has 5 heteroatoms. The van der Waals surface area contributed by atoms with Gasteiger partial charge in [0.15, 0.2) is 0 Å². The fourth-order valence-corrected chi connectivity index (χ4v) is 3.26. The molecule has 2 unspecified atom stereocenters. The van der Waals surface area contributed by atoms with Gasteiger partial charge in [-0.1, -0.05) is 40.2 Å². The number of aliphatic carboxylic acids is 1. The van der Waals surface area contributed by atoms with Crippen molar-refractivity contribution in [1.29, 1.82) is 0 Å². The Morgan fingerprint density at radius 3 is 2.70 bits per heavy atom. The van der Waals surface area contributed by atoms with E-state index >= 15 is 0 Å². The van der Waals surface area contributed by atoms with Gasteiger partial charge in [-0.2, -0.15) is 0 Å². The molecule has 1 amide bonds. The number of amides is 1. The number of carbonyl (C=O) groups is 2. The Morgan fingerprint density at radius 2 is 2.04 bits per heavy atom. The first-order chi connectivity index (χ1) is 11.0. The van der Waals surface area contributed by atoms with Crippen molar-refractivity contribution in [2.45, 2.75) is 12.8 Å². The number of anilines is 1. The highest BCUT2D eigenvalue weighted by atomic mass is 79.9. The summed E-state index contributed by atoms with van der Waals surface area (Å²) in [4.78, 5) is 25.4. The number of benzene rings is 1. The molecule has 2 atom stereocenters. The number of carbonyl (C=O) groups excluding carboxylic acids is 1. The van der Waals surface area contributed by atoms with Crippen LogP contribution in [0.1, 0.15) is 18.4 Å². The first-order valence-electron chi connectivity index (χ1n) is 7.36. The lowest BCUT2D eigenvalue weighted by molar-refractivity contribution is -0.138. The van der Waals surface area contributed by atoms with E-state index in [2.05, 4.69) is 15.9 Å². The summed E-state index contributed by atoms with van der Waals surface area (Å²) in [7, 11) is 0. The highest BCUT2D eigenvalue weighted by Crippen LogP contribution is 2.33. The van der Waals surface area contributed by atoms with E-state index in [1.54, 1.807) is 24.0 Å². The number of allylic oxidation sites excluding steroid dienone is 4. The fourth-order valence-electron chi connectivity index (χ4n) is 2.81. The van der Waals surface area contributed by atoms with Crippen LogP contribution >= 0.6 is 15.9 Å². The molecule has 0 aromatic heterocycles. The van der Waals surface area contributed by atoms with Crippen LogP contribution in [0.2, 0.25) is 0 Å². The highest BCUT2D eigenvalue weighted by molar-refractivity contribution is 9.11. The standard InChI is InChI=1S/C18H16BrNO3/c1-11(18(22)23)12-5-7-15(8-6-12)20-10-13-9-14(19)3-2-4-16(13)17(20)21/h2-9,11,16H,10H2,1H3,(H,22,23). The van der Waals surface area contributed by atoms with Crippen LogP contribution in [-0.4, -0.2) is 23.5 Å². The molecule has 4 nitrogen and oxygen atoms in total. The van der Waals surface area contributed by atoms with Crippen LogP contribution in [0.15, 0.2) is 58.6 Å². The SMILES string of the molecule is CC(C(=O)O)c1ccc(N2CC3=CC(Br)=CC=CC3C2=O)cc1. The highest BCUT2D eigenvalue weighted by Gasteiger charge is 2.35. The third-order valence-electron chi connectivity index (χ3n) is 4.23. The Bertz CT molecular complexity index is 746. The van der Waals surface area contributed by atoms with E-state index in [1.165, 1.54) is 0 Å². The minimum Gasteiger partial charge on any atom is -0.481 e. The van der Waals surface area contributed by atoms with E-state index in [4.69, 9.17) is 5.11 Å². The van der Waals surface area contributed by atoms with E-state index in [1.807, 2.05) is 36.4 Å². The number of halogens is 1. The Morgan fingerprint density at radius 1 is 1.35 bits per heavy atom. The molecule has 1 aromatic rings. The van der Waals surface area contributed by atoms with Crippen molar-refractivity contribution in [3.05, 3.63) is 64.2 Å². The summed E-state index contributed by atoms with van der Waals surface area (Å²) in [6.07, 6.45) is 7.70. The topological polar surface area (TPSA) is 57.6 Å². The van der Waals surface area contributed by atoms with Gasteiger partial charge in [0.25, 0.3) is 0 Å². The maximum absolute atomic E-state index is 12.6. The second-order valence-corrected chi connectivity index (χ2v) is 6.62. The smallest absolute Gasteiger partial charge is 0.310 e. The third kappa shape index (κ3) is 3.01. The molecular weight excluding hydrogens is 358 g/mol. The molecule has 118 valence electrons. The van der Waals surface area contributed by atoms with Crippen molar-refractivity contribution < 1.29 is 14.7 Å². The molecule has 2 aliphatic rings. The predicted octanol–water partition coefficient (Wildman–Crippen LogP) is 3.61. The van der Waals surface area contributed by atoms with Gasteiger partial charge >= 0.3 is 5.97 Å². The van der Waals surface area contributed by atoms with Gasteiger partial charge in [-0.3, -0.25) is 9.59 Å². The lowest BCUT2D eigenvalue weighted by atomic mass is 10.0. The second-order valence-electron chi connectivity index (χ2n) is 5.71. The zero-order valence-corrected chi connectivity index (χ0v) is 14.2. The third-order valence-corrected chi connectivity index (χ3v) is 4.72. The zero-order valence-electron chi connectivity index (χ0n) is 12.6. The number of carboxylic acid groups (broad SMARTS) is 1. The fraction of sp³-hybridized carbons (Fsp3) is 0.222. The summed E-state index contributed by atoms with van der Waals surface area (Å²) in [6, 6.07) is 7.17. The summed E-state index contributed by atoms with van der Waals surface area (Å²) in [6.45, 7) is 2.19. The molecule has 0 bridgehead atoms. The first-order valence-corrected chi connectivity index (χ1v) is 8.15. The maximum atomic E-state index is 12.6. The van der Waals surface area contributed by atoms with E-state index in [0.717, 1.165) is 21.3 Å². The van der Waals surface area contributed by atoms with Crippen LogP contribution in [0.3, 0.4) is 0 Å². The number of carboxylic acids is 1. The van der Waals surface area contributed by atoms with Crippen molar-refractivity contribution in [2.75, 3.05) is 11.4 Å². The van der Waals surface area contributed by atoms with Crippen molar-refractivity contribution >= 4 is 33.5 Å². The van der Waals surface area contributed by atoms with Crippen LogP contribution in [0.4, 0.5) is 5.69 Å². The summed E-state index contributed by atoms with van der Waals surface area (Å²) in [5.74, 6) is -1.60. The Labute approximate surface area is 142 Å². The molecular formula is C18H16BrNO3. The van der Waals surface area contributed by atoms with Crippen molar-refractivity contribution in [3.8, 4) is 0 Å². The number of hydrogen-bond donors (Lipinski definition) is 1. The van der Waals surface area contributed by atoms with E-state index < -0.39 is 11.9 Å². The van der Waals surface area contributed by atoms with Gasteiger partial charge in [0.1, 0.15) is 0 Å². The van der Waals surface area contributed by atoms with Gasteiger partial charge in [0.2, 0.25) is 5.91 Å². The molecule has 1 aliphatic carbocycles. The molecule has 3 rings (SSSR count). The number of fused-ring (bicyclic) bond motifs is 1. The van der Waals surface area contributed by atoms with Gasteiger partial charge in [-0.15, -0.1) is 0 Å². The van der Waals surface area contributed by atoms with E-state index in [-0.39, 0.29) is 11.8 Å².